The van der Waals surface area contributed by atoms with Gasteiger partial charge in [-0.05, 0) is 88.8 Å². The Morgan fingerprint density at radius 1 is 0.982 bits per heavy atom. The lowest BCUT2D eigenvalue weighted by Crippen LogP contribution is -2.58. The molecule has 294 valence electrons. The number of carbonyl (C=O) groups excluding carboxylic acids is 4. The van der Waals surface area contributed by atoms with E-state index in [1.807, 2.05) is 53.9 Å². The molecule has 3 aromatic rings. The number of carbonyl (C=O) groups is 4. The van der Waals surface area contributed by atoms with Crippen LogP contribution in [0, 0.1) is 5.92 Å². The highest BCUT2D eigenvalue weighted by Crippen LogP contribution is 2.46. The summed E-state index contributed by atoms with van der Waals surface area (Å²) in [4.78, 5) is 67.8. The number of ether oxygens (including phenoxy) is 2. The van der Waals surface area contributed by atoms with E-state index in [0.29, 0.717) is 36.0 Å². The number of fused-ring (bicyclic) bond motifs is 3. The molecule has 14 nitrogen and oxygen atoms in total. The van der Waals surface area contributed by atoms with Crippen molar-refractivity contribution >= 4 is 56.2 Å². The molecule has 2 aliphatic heterocycles. The highest BCUT2D eigenvalue weighted by atomic mass is 32.2. The summed E-state index contributed by atoms with van der Waals surface area (Å²) in [6.45, 7) is 2.91. The molecule has 2 aromatic heterocycles. The van der Waals surface area contributed by atoms with Crippen LogP contribution in [0.25, 0.3) is 21.6 Å². The second-order valence-electron chi connectivity index (χ2n) is 15.2. The second kappa shape index (κ2) is 16.3. The van der Waals surface area contributed by atoms with E-state index in [1.165, 1.54) is 30.1 Å². The zero-order chi connectivity index (χ0) is 38.7. The summed E-state index contributed by atoms with van der Waals surface area (Å²) in [5.74, 6) is -2.11. The number of allylic oxidation sites excluding steroid dienone is 1. The Morgan fingerprint density at radius 2 is 1.73 bits per heavy atom. The van der Waals surface area contributed by atoms with E-state index in [4.69, 9.17) is 19.4 Å². The van der Waals surface area contributed by atoms with Gasteiger partial charge in [-0.1, -0.05) is 43.2 Å². The molecule has 7 rings (SSSR count). The molecular formula is C39H48N6O8S2. The summed E-state index contributed by atoms with van der Waals surface area (Å²) in [6, 6.07) is 9.14. The molecule has 5 atom stereocenters. The summed E-state index contributed by atoms with van der Waals surface area (Å²) >= 11 is 1.48. The third-order valence-corrected chi connectivity index (χ3v) is 13.5. The molecule has 2 saturated carbocycles. The highest BCUT2D eigenvalue weighted by molar-refractivity contribution is 7.90. The molecule has 16 heteroatoms. The molecule has 4 amide bonds. The number of para-hydroxylation sites is 2. The fraction of sp³-hybridized carbons (Fsp3) is 0.538. The van der Waals surface area contributed by atoms with Crippen molar-refractivity contribution in [1.29, 1.82) is 0 Å². The Labute approximate surface area is 324 Å². The molecule has 0 radical (unpaired) electrons. The van der Waals surface area contributed by atoms with E-state index in [9.17, 15) is 27.6 Å². The van der Waals surface area contributed by atoms with Crippen LogP contribution in [0.5, 0.6) is 5.88 Å². The van der Waals surface area contributed by atoms with Gasteiger partial charge in [-0.15, -0.1) is 11.3 Å². The van der Waals surface area contributed by atoms with Gasteiger partial charge in [0.1, 0.15) is 35.5 Å². The number of alkyl carbamates (subject to hydrolysis) is 1. The van der Waals surface area contributed by atoms with Crippen molar-refractivity contribution in [2.24, 2.45) is 5.92 Å². The van der Waals surface area contributed by atoms with Gasteiger partial charge in [0.25, 0.3) is 5.91 Å². The quantitative estimate of drug-likeness (QED) is 0.263. The summed E-state index contributed by atoms with van der Waals surface area (Å²) in [7, 11) is -4.00. The normalized spacial score (nSPS) is 27.0. The first kappa shape index (κ1) is 38.7. The topological polar surface area (TPSA) is 186 Å². The molecule has 3 fully saturated rings. The van der Waals surface area contributed by atoms with Gasteiger partial charge in [-0.2, -0.15) is 0 Å². The third-order valence-electron chi connectivity index (χ3n) is 10.9. The number of amides is 4. The summed E-state index contributed by atoms with van der Waals surface area (Å²) in [6.07, 6.45) is 9.17. The van der Waals surface area contributed by atoms with E-state index in [1.54, 1.807) is 0 Å². The number of aromatic nitrogens is 2. The minimum Gasteiger partial charge on any atom is -0.471 e. The van der Waals surface area contributed by atoms with E-state index < -0.39 is 68.7 Å². The molecule has 55 heavy (non-hydrogen) atoms. The SMILES string of the molecule is CC(C)S(=O)(=O)NC(=O)[C@@]12C[C@H]1/C=C\CCCCC[C@H](NC(=O)OC1CCCC1)C(=O)N1C[C@H](Oc3nc4ccccc4nc3-c3cccs3)C[C@H]1C(=O)N2. The largest absolute Gasteiger partial charge is 0.471 e. The van der Waals surface area contributed by atoms with Crippen LogP contribution in [0.2, 0.25) is 0 Å². The average Bonchev–Trinajstić information content (AvgIpc) is 3.65. The fourth-order valence-electron chi connectivity index (χ4n) is 7.64. The van der Waals surface area contributed by atoms with Crippen LogP contribution in [0.1, 0.15) is 84.5 Å². The molecule has 3 N–H and O–H groups in total. The summed E-state index contributed by atoms with van der Waals surface area (Å²) < 4.78 is 40.0. The predicted octanol–water partition coefficient (Wildman–Crippen LogP) is 4.99. The molecular weight excluding hydrogens is 745 g/mol. The first-order valence-electron chi connectivity index (χ1n) is 19.2. The molecule has 1 aromatic carbocycles. The van der Waals surface area contributed by atoms with Crippen molar-refractivity contribution < 1.29 is 37.1 Å². The minimum absolute atomic E-state index is 0.0184. The first-order chi connectivity index (χ1) is 26.4. The van der Waals surface area contributed by atoms with E-state index in [2.05, 4.69) is 15.4 Å². The maximum Gasteiger partial charge on any atom is 0.408 e. The molecule has 0 spiro atoms. The molecule has 0 unspecified atom stereocenters. The van der Waals surface area contributed by atoms with Gasteiger partial charge < -0.3 is 25.0 Å². The maximum absolute atomic E-state index is 14.6. The summed E-state index contributed by atoms with van der Waals surface area (Å²) in [5, 5.41) is 6.75. The lowest BCUT2D eigenvalue weighted by Gasteiger charge is -2.30. The summed E-state index contributed by atoms with van der Waals surface area (Å²) in [5.41, 5.74) is 0.295. The standard InChI is InChI=1S/C39H48N6O8S2/c1-24(2)55(50,51)44-37(48)39-22-25(39)13-6-4-3-5-7-18-30(42-38(49)53-26-14-8-9-15-26)36(47)45-23-27(21-31(45)34(46)43-39)52-35-33(32-19-12-20-54-32)40-28-16-10-11-17-29(28)41-35/h6,10-13,16-17,19-20,24-27,30-31H,3-5,7-9,14-15,18,21-23H2,1-2H3,(H,42,49)(H,43,46)(H,44,48)/b13-6-/t25-,27-,30+,31+,39-/m1/s1. The van der Waals surface area contributed by atoms with E-state index in [-0.39, 0.29) is 31.4 Å². The second-order valence-corrected chi connectivity index (χ2v) is 18.4. The van der Waals surface area contributed by atoms with Crippen LogP contribution in [0.3, 0.4) is 0 Å². The molecule has 4 aliphatic rings. The number of benzene rings is 1. The van der Waals surface area contributed by atoms with Crippen molar-refractivity contribution in [3.8, 4) is 16.5 Å². The zero-order valence-corrected chi connectivity index (χ0v) is 32.7. The van der Waals surface area contributed by atoms with Crippen LogP contribution in [0.15, 0.2) is 53.9 Å². The zero-order valence-electron chi connectivity index (χ0n) is 31.1. The first-order valence-corrected chi connectivity index (χ1v) is 21.7. The number of nitrogens with zero attached hydrogens (tertiary/aromatic N) is 3. The van der Waals surface area contributed by atoms with Crippen LogP contribution < -0.4 is 20.1 Å². The van der Waals surface area contributed by atoms with Gasteiger partial charge in [-0.3, -0.25) is 19.1 Å². The highest BCUT2D eigenvalue weighted by Gasteiger charge is 2.61. The molecule has 0 bridgehead atoms. The van der Waals surface area contributed by atoms with Crippen LogP contribution in [0.4, 0.5) is 4.79 Å². The van der Waals surface area contributed by atoms with Crippen molar-refractivity contribution in [2.75, 3.05) is 6.54 Å². The van der Waals surface area contributed by atoms with Crippen molar-refractivity contribution in [1.82, 2.24) is 30.2 Å². The van der Waals surface area contributed by atoms with Gasteiger partial charge in [0.2, 0.25) is 27.7 Å². The lowest BCUT2D eigenvalue weighted by molar-refractivity contribution is -0.141. The van der Waals surface area contributed by atoms with Crippen molar-refractivity contribution in [3.63, 3.8) is 0 Å². The number of hydrogen-bond acceptors (Lipinski definition) is 11. The molecule has 2 aliphatic carbocycles. The average molecular weight is 793 g/mol. The Bertz CT molecular complexity index is 2050. The smallest absolute Gasteiger partial charge is 0.408 e. The maximum atomic E-state index is 14.6. The monoisotopic (exact) mass is 792 g/mol. The Hall–Kier alpha value is -4.57. The lowest BCUT2D eigenvalue weighted by atomic mass is 10.0. The number of thiophene rings is 1. The number of nitrogens with one attached hydrogen (secondary N) is 3. The van der Waals surface area contributed by atoms with Crippen LogP contribution in [-0.4, -0.2) is 88.7 Å². The van der Waals surface area contributed by atoms with Gasteiger partial charge in [0.15, 0.2) is 0 Å². The number of sulfonamides is 1. The Morgan fingerprint density at radius 3 is 2.45 bits per heavy atom. The third kappa shape index (κ3) is 8.64. The van der Waals surface area contributed by atoms with Gasteiger partial charge in [0.05, 0.1) is 27.7 Å². The van der Waals surface area contributed by atoms with E-state index in [0.717, 1.165) is 43.4 Å². The predicted molar refractivity (Wildman–Crippen MR) is 206 cm³/mol. The minimum atomic E-state index is -4.00. The van der Waals surface area contributed by atoms with Crippen LogP contribution >= 0.6 is 11.3 Å². The Kier molecular flexibility index (Phi) is 11.4. The van der Waals surface area contributed by atoms with Crippen molar-refractivity contribution in [3.05, 3.63) is 53.9 Å². The van der Waals surface area contributed by atoms with E-state index >= 15 is 0 Å². The van der Waals surface area contributed by atoms with Crippen molar-refractivity contribution in [2.45, 2.75) is 120 Å². The number of rotatable bonds is 8. The fourth-order valence-corrected chi connectivity index (χ4v) is 9.02. The van der Waals surface area contributed by atoms with Gasteiger partial charge in [-0.25, -0.2) is 23.2 Å². The molecule has 4 heterocycles. The Balaban J connectivity index is 1.21. The number of hydrogen-bond donors (Lipinski definition) is 3. The van der Waals surface area contributed by atoms with Crippen LogP contribution in [-0.2, 0) is 29.1 Å². The van der Waals surface area contributed by atoms with Gasteiger partial charge >= 0.3 is 6.09 Å². The van der Waals surface area contributed by atoms with Gasteiger partial charge in [0, 0.05) is 12.3 Å². The molecule has 1 saturated heterocycles.